The van der Waals surface area contributed by atoms with Gasteiger partial charge in [-0.25, -0.2) is 0 Å². The molecule has 0 heterocycles. The van der Waals surface area contributed by atoms with Crippen LogP contribution in [0.2, 0.25) is 0 Å². The van der Waals surface area contributed by atoms with Crippen molar-refractivity contribution in [3.8, 4) is 0 Å². The normalized spacial score (nSPS) is 13.6. The first-order valence-corrected chi connectivity index (χ1v) is 5.93. The van der Waals surface area contributed by atoms with Crippen LogP contribution in [0.25, 0.3) is 0 Å². The van der Waals surface area contributed by atoms with Gasteiger partial charge >= 0.3 is 5.97 Å². The molecule has 0 aromatic carbocycles. The third-order valence-electron chi connectivity index (χ3n) is 2.63. The first-order chi connectivity index (χ1) is 7.46. The zero-order valence-electron chi connectivity index (χ0n) is 10.9. The molecule has 0 saturated carbocycles. The number of methoxy groups -OCH3 is 1. The number of nitrogens with one attached hydrogen (secondary N) is 1. The number of esters is 1. The molecular weight excluding hydrogens is 206 g/mol. The molecule has 0 aromatic rings. The van der Waals surface area contributed by atoms with Crippen LogP contribution in [0.3, 0.4) is 0 Å². The van der Waals surface area contributed by atoms with Gasteiger partial charge in [-0.3, -0.25) is 10.1 Å². The van der Waals surface area contributed by atoms with Crippen LogP contribution in [0.15, 0.2) is 0 Å². The maximum Gasteiger partial charge on any atom is 0.322 e. The smallest absolute Gasteiger partial charge is 0.322 e. The average Bonchev–Trinajstić information content (AvgIpc) is 2.22. The Labute approximate surface area is 98.4 Å². The number of aliphatic hydroxyl groups excluding tert-OH is 1. The first-order valence-electron chi connectivity index (χ1n) is 5.93. The van der Waals surface area contributed by atoms with Gasteiger partial charge in [0.05, 0.1) is 7.11 Å². The highest BCUT2D eigenvalue weighted by atomic mass is 16.5. The molecule has 0 fully saturated rings. The lowest BCUT2D eigenvalue weighted by Gasteiger charge is -2.30. The van der Waals surface area contributed by atoms with Gasteiger partial charge in [0.1, 0.15) is 6.04 Å². The van der Waals surface area contributed by atoms with E-state index in [0.717, 1.165) is 19.3 Å². The molecule has 1 unspecified atom stereocenters. The van der Waals surface area contributed by atoms with Gasteiger partial charge in [-0.1, -0.05) is 19.8 Å². The highest BCUT2D eigenvalue weighted by molar-refractivity contribution is 5.75. The van der Waals surface area contributed by atoms with Crippen molar-refractivity contribution < 1.29 is 14.6 Å². The van der Waals surface area contributed by atoms with Gasteiger partial charge in [-0.2, -0.15) is 0 Å². The molecular formula is C12H25NO3. The van der Waals surface area contributed by atoms with Crippen molar-refractivity contribution in [2.45, 2.75) is 58.0 Å². The fraction of sp³-hybridized carbons (Fsp3) is 0.917. The summed E-state index contributed by atoms with van der Waals surface area (Å²) in [6.45, 7) is 6.16. The Kier molecular flexibility index (Phi) is 7.34. The Morgan fingerprint density at radius 3 is 2.56 bits per heavy atom. The molecule has 0 rings (SSSR count). The summed E-state index contributed by atoms with van der Waals surface area (Å²) < 4.78 is 4.77. The largest absolute Gasteiger partial charge is 0.468 e. The number of carbonyl (C=O) groups excluding carboxylic acids is 1. The predicted octanol–water partition coefficient (Wildman–Crippen LogP) is 1.47. The van der Waals surface area contributed by atoms with Crippen molar-refractivity contribution in [2.75, 3.05) is 13.7 Å². The van der Waals surface area contributed by atoms with Gasteiger partial charge in [-0.05, 0) is 26.7 Å². The molecule has 0 spiro atoms. The van der Waals surface area contributed by atoms with Crippen LogP contribution in [0, 0.1) is 0 Å². The summed E-state index contributed by atoms with van der Waals surface area (Å²) in [5, 5.41) is 12.2. The number of carbonyl (C=O) groups is 1. The van der Waals surface area contributed by atoms with Crippen molar-refractivity contribution in [1.29, 1.82) is 0 Å². The van der Waals surface area contributed by atoms with E-state index in [2.05, 4.69) is 12.2 Å². The fourth-order valence-electron chi connectivity index (χ4n) is 1.62. The maximum absolute atomic E-state index is 11.6. The van der Waals surface area contributed by atoms with E-state index in [1.54, 1.807) is 0 Å². The summed E-state index contributed by atoms with van der Waals surface area (Å²) in [4.78, 5) is 11.6. The van der Waals surface area contributed by atoms with E-state index < -0.39 is 0 Å². The van der Waals surface area contributed by atoms with E-state index in [-0.39, 0.29) is 24.2 Å². The van der Waals surface area contributed by atoms with Crippen LogP contribution in [-0.4, -0.2) is 36.4 Å². The van der Waals surface area contributed by atoms with Gasteiger partial charge in [0.2, 0.25) is 0 Å². The standard InChI is InChI=1S/C12H25NO3/c1-5-6-7-10(11(15)16-4)13-12(2,3)8-9-14/h10,13-14H,5-9H2,1-4H3. The zero-order chi connectivity index (χ0) is 12.6. The fourth-order valence-corrected chi connectivity index (χ4v) is 1.62. The Balaban J connectivity index is 4.34. The van der Waals surface area contributed by atoms with Gasteiger partial charge in [0.25, 0.3) is 0 Å². The predicted molar refractivity (Wildman–Crippen MR) is 64.2 cm³/mol. The lowest BCUT2D eigenvalue weighted by Crippen LogP contribution is -2.50. The maximum atomic E-state index is 11.6. The summed E-state index contributed by atoms with van der Waals surface area (Å²) in [5.74, 6) is -0.223. The number of rotatable bonds is 8. The van der Waals surface area contributed by atoms with Crippen LogP contribution in [-0.2, 0) is 9.53 Å². The second-order valence-electron chi connectivity index (χ2n) is 4.72. The Morgan fingerprint density at radius 1 is 1.50 bits per heavy atom. The minimum absolute atomic E-state index is 0.113. The Bertz CT molecular complexity index is 204. The first kappa shape index (κ1) is 15.4. The van der Waals surface area contributed by atoms with E-state index >= 15 is 0 Å². The third-order valence-corrected chi connectivity index (χ3v) is 2.63. The van der Waals surface area contributed by atoms with Crippen molar-refractivity contribution in [1.82, 2.24) is 5.32 Å². The van der Waals surface area contributed by atoms with Crippen LogP contribution >= 0.6 is 0 Å². The molecule has 0 radical (unpaired) electrons. The number of hydrogen-bond acceptors (Lipinski definition) is 4. The highest BCUT2D eigenvalue weighted by Crippen LogP contribution is 2.12. The summed E-state index contributed by atoms with van der Waals surface area (Å²) >= 11 is 0. The van der Waals surface area contributed by atoms with Crippen molar-refractivity contribution in [2.24, 2.45) is 0 Å². The van der Waals surface area contributed by atoms with Gasteiger partial charge in [-0.15, -0.1) is 0 Å². The summed E-state index contributed by atoms with van der Waals surface area (Å²) in [6, 6.07) is -0.272. The molecule has 0 amide bonds. The quantitative estimate of drug-likeness (QED) is 0.621. The van der Waals surface area contributed by atoms with Gasteiger partial charge in [0, 0.05) is 12.1 Å². The number of unbranched alkanes of at least 4 members (excludes halogenated alkanes) is 1. The summed E-state index contributed by atoms with van der Waals surface area (Å²) in [6.07, 6.45) is 3.43. The highest BCUT2D eigenvalue weighted by Gasteiger charge is 2.26. The molecule has 2 N–H and O–H groups in total. The number of ether oxygens (including phenoxy) is 1. The third kappa shape index (κ3) is 6.08. The molecule has 0 aliphatic rings. The second-order valence-corrected chi connectivity index (χ2v) is 4.72. The minimum atomic E-state index is -0.272. The van der Waals surface area contributed by atoms with Gasteiger partial charge in [0.15, 0.2) is 0 Å². The van der Waals surface area contributed by atoms with Crippen molar-refractivity contribution in [3.63, 3.8) is 0 Å². The van der Waals surface area contributed by atoms with Crippen LogP contribution < -0.4 is 5.32 Å². The SMILES string of the molecule is CCCCC(NC(C)(C)CCO)C(=O)OC. The zero-order valence-corrected chi connectivity index (χ0v) is 10.9. The van der Waals surface area contributed by atoms with E-state index in [0.29, 0.717) is 6.42 Å². The van der Waals surface area contributed by atoms with Crippen LogP contribution in [0.4, 0.5) is 0 Å². The van der Waals surface area contributed by atoms with E-state index in [9.17, 15) is 4.79 Å². The topological polar surface area (TPSA) is 58.6 Å². The summed E-state index contributed by atoms with van der Waals surface area (Å²) in [5.41, 5.74) is -0.249. The molecule has 0 aromatic heterocycles. The Hall–Kier alpha value is -0.610. The molecule has 0 saturated heterocycles. The molecule has 16 heavy (non-hydrogen) atoms. The molecule has 4 heteroatoms. The van der Waals surface area contributed by atoms with Crippen LogP contribution in [0.5, 0.6) is 0 Å². The van der Waals surface area contributed by atoms with E-state index in [4.69, 9.17) is 9.84 Å². The molecule has 0 bridgehead atoms. The van der Waals surface area contributed by atoms with Gasteiger partial charge < -0.3 is 9.84 Å². The lowest BCUT2D eigenvalue weighted by atomic mass is 9.98. The van der Waals surface area contributed by atoms with E-state index in [1.807, 2.05) is 13.8 Å². The molecule has 0 aliphatic carbocycles. The Morgan fingerprint density at radius 2 is 2.12 bits per heavy atom. The molecule has 1 atom stereocenters. The molecule has 96 valence electrons. The average molecular weight is 231 g/mol. The lowest BCUT2D eigenvalue weighted by molar-refractivity contribution is -0.144. The number of hydrogen-bond donors (Lipinski definition) is 2. The summed E-state index contributed by atoms with van der Waals surface area (Å²) in [7, 11) is 1.40. The molecule has 4 nitrogen and oxygen atoms in total. The second kappa shape index (κ2) is 7.63. The monoisotopic (exact) mass is 231 g/mol. The van der Waals surface area contributed by atoms with Crippen LogP contribution in [0.1, 0.15) is 46.5 Å². The van der Waals surface area contributed by atoms with Crippen molar-refractivity contribution >= 4 is 5.97 Å². The number of aliphatic hydroxyl groups is 1. The van der Waals surface area contributed by atoms with Crippen molar-refractivity contribution in [3.05, 3.63) is 0 Å². The molecule has 0 aliphatic heterocycles. The minimum Gasteiger partial charge on any atom is -0.468 e. The van der Waals surface area contributed by atoms with E-state index in [1.165, 1.54) is 7.11 Å².